The second-order valence-corrected chi connectivity index (χ2v) is 9.67. The molecular formula is C15H24N2O4S2. The first-order chi connectivity index (χ1) is 11.0. The van der Waals surface area contributed by atoms with Gasteiger partial charge in [-0.05, 0) is 31.6 Å². The van der Waals surface area contributed by atoms with Crippen molar-refractivity contribution in [2.75, 3.05) is 24.6 Å². The fourth-order valence-corrected chi connectivity index (χ4v) is 6.54. The van der Waals surface area contributed by atoms with Crippen molar-refractivity contribution in [3.63, 3.8) is 0 Å². The Balaban J connectivity index is 1.55. The summed E-state index contributed by atoms with van der Waals surface area (Å²) in [5, 5.41) is -0.182. The summed E-state index contributed by atoms with van der Waals surface area (Å²) in [4.78, 5) is 24.9. The van der Waals surface area contributed by atoms with Gasteiger partial charge in [0, 0.05) is 19.1 Å². The molecule has 23 heavy (non-hydrogen) atoms. The third-order valence-electron chi connectivity index (χ3n) is 5.14. The average Bonchev–Trinajstić information content (AvgIpc) is 2.87. The van der Waals surface area contributed by atoms with E-state index >= 15 is 0 Å². The van der Waals surface area contributed by atoms with Gasteiger partial charge in [0.15, 0.2) is 0 Å². The lowest BCUT2D eigenvalue weighted by atomic mass is 9.91. The monoisotopic (exact) mass is 360 g/mol. The van der Waals surface area contributed by atoms with Crippen molar-refractivity contribution < 1.29 is 18.0 Å². The molecule has 3 fully saturated rings. The Labute approximate surface area is 142 Å². The molecule has 0 radical (unpaired) electrons. The first-order valence-corrected chi connectivity index (χ1v) is 11.0. The number of amides is 2. The van der Waals surface area contributed by atoms with Gasteiger partial charge in [0.2, 0.25) is 15.9 Å². The van der Waals surface area contributed by atoms with Crippen molar-refractivity contribution in [2.24, 2.45) is 5.92 Å². The lowest BCUT2D eigenvalue weighted by Crippen LogP contribution is -2.49. The van der Waals surface area contributed by atoms with Gasteiger partial charge in [-0.1, -0.05) is 31.0 Å². The molecule has 1 saturated carbocycles. The summed E-state index contributed by atoms with van der Waals surface area (Å²) in [7, 11) is -3.22. The van der Waals surface area contributed by atoms with Crippen molar-refractivity contribution in [1.82, 2.24) is 9.21 Å². The number of piperidine rings is 1. The lowest BCUT2D eigenvalue weighted by Gasteiger charge is -2.35. The molecule has 2 amide bonds. The SMILES string of the molecule is O=C1CSC(=O)N1C1CCN(S(=O)(=O)CC2CCCCC2)CC1. The minimum absolute atomic E-state index is 0.133. The van der Waals surface area contributed by atoms with Gasteiger partial charge >= 0.3 is 0 Å². The molecule has 0 spiro atoms. The lowest BCUT2D eigenvalue weighted by molar-refractivity contribution is -0.126. The molecule has 2 aliphatic heterocycles. The van der Waals surface area contributed by atoms with Crippen LogP contribution in [0.25, 0.3) is 0 Å². The Hall–Kier alpha value is -0.600. The van der Waals surface area contributed by atoms with Crippen LogP contribution in [-0.2, 0) is 14.8 Å². The number of hydrogen-bond acceptors (Lipinski definition) is 5. The number of rotatable bonds is 4. The largest absolute Gasteiger partial charge is 0.289 e. The fraction of sp³-hybridized carbons (Fsp3) is 0.867. The van der Waals surface area contributed by atoms with Gasteiger partial charge in [-0.15, -0.1) is 0 Å². The van der Waals surface area contributed by atoms with Gasteiger partial charge in [0.1, 0.15) is 0 Å². The summed E-state index contributed by atoms with van der Waals surface area (Å²) >= 11 is 1.04. The quantitative estimate of drug-likeness (QED) is 0.767. The van der Waals surface area contributed by atoms with Gasteiger partial charge in [-0.3, -0.25) is 14.5 Å². The van der Waals surface area contributed by atoms with E-state index in [0.29, 0.717) is 31.8 Å². The summed E-state index contributed by atoms with van der Waals surface area (Å²) in [6, 6.07) is -0.133. The minimum atomic E-state index is -3.22. The van der Waals surface area contributed by atoms with E-state index in [1.54, 1.807) is 4.31 Å². The Bertz CT molecular complexity index is 548. The zero-order valence-corrected chi connectivity index (χ0v) is 14.9. The molecule has 3 aliphatic rings. The topological polar surface area (TPSA) is 74.8 Å². The average molecular weight is 361 g/mol. The smallest absolute Gasteiger partial charge is 0.273 e. The fourth-order valence-electron chi connectivity index (χ4n) is 3.85. The highest BCUT2D eigenvalue weighted by Crippen LogP contribution is 2.29. The molecule has 0 aromatic carbocycles. The number of imide groups is 1. The van der Waals surface area contributed by atoms with E-state index in [1.165, 1.54) is 11.3 Å². The first kappa shape index (κ1) is 17.2. The molecule has 0 aromatic heterocycles. The Morgan fingerprint density at radius 3 is 2.22 bits per heavy atom. The molecule has 2 heterocycles. The number of carbonyl (C=O) groups is 2. The number of thioether (sulfide) groups is 1. The van der Waals surface area contributed by atoms with Crippen LogP contribution >= 0.6 is 11.8 Å². The van der Waals surface area contributed by atoms with Gasteiger partial charge in [0.05, 0.1) is 11.5 Å². The molecule has 0 atom stereocenters. The molecule has 0 N–H and O–H groups in total. The molecule has 130 valence electrons. The number of sulfonamides is 1. The zero-order valence-electron chi connectivity index (χ0n) is 13.3. The number of nitrogens with zero attached hydrogens (tertiary/aromatic N) is 2. The molecule has 8 heteroatoms. The van der Waals surface area contributed by atoms with Crippen LogP contribution in [0.4, 0.5) is 4.79 Å². The molecule has 2 saturated heterocycles. The van der Waals surface area contributed by atoms with Crippen LogP contribution in [0, 0.1) is 5.92 Å². The van der Waals surface area contributed by atoms with E-state index in [0.717, 1.165) is 37.4 Å². The van der Waals surface area contributed by atoms with E-state index in [-0.39, 0.29) is 28.7 Å². The Morgan fingerprint density at radius 2 is 1.65 bits per heavy atom. The second-order valence-electron chi connectivity index (χ2n) is 6.73. The van der Waals surface area contributed by atoms with Crippen LogP contribution in [0.2, 0.25) is 0 Å². The zero-order chi connectivity index (χ0) is 16.4. The second kappa shape index (κ2) is 7.11. The summed E-state index contributed by atoms with van der Waals surface area (Å²) < 4.78 is 26.7. The molecule has 0 bridgehead atoms. The normalized spacial score (nSPS) is 26.2. The summed E-state index contributed by atoms with van der Waals surface area (Å²) in [6.45, 7) is 0.836. The maximum Gasteiger partial charge on any atom is 0.289 e. The van der Waals surface area contributed by atoms with Crippen molar-refractivity contribution in [3.8, 4) is 0 Å². The van der Waals surface area contributed by atoms with E-state index < -0.39 is 10.0 Å². The first-order valence-electron chi connectivity index (χ1n) is 8.44. The third-order valence-corrected chi connectivity index (χ3v) is 8.02. The summed E-state index contributed by atoms with van der Waals surface area (Å²) in [5.74, 6) is 0.641. The van der Waals surface area contributed by atoms with E-state index in [4.69, 9.17) is 0 Å². The van der Waals surface area contributed by atoms with Gasteiger partial charge in [-0.2, -0.15) is 0 Å². The van der Waals surface area contributed by atoms with Gasteiger partial charge in [0.25, 0.3) is 5.24 Å². The third kappa shape index (κ3) is 3.91. The van der Waals surface area contributed by atoms with E-state index in [2.05, 4.69) is 0 Å². The molecule has 6 nitrogen and oxygen atoms in total. The van der Waals surface area contributed by atoms with E-state index in [9.17, 15) is 18.0 Å². The van der Waals surface area contributed by atoms with Crippen molar-refractivity contribution in [3.05, 3.63) is 0 Å². The van der Waals surface area contributed by atoms with Crippen LogP contribution in [0.5, 0.6) is 0 Å². The number of carbonyl (C=O) groups excluding carboxylic acids is 2. The number of hydrogen-bond donors (Lipinski definition) is 0. The highest BCUT2D eigenvalue weighted by atomic mass is 32.2. The van der Waals surface area contributed by atoms with E-state index in [1.807, 2.05) is 0 Å². The van der Waals surface area contributed by atoms with Crippen LogP contribution < -0.4 is 0 Å². The van der Waals surface area contributed by atoms with Crippen LogP contribution in [0.1, 0.15) is 44.9 Å². The van der Waals surface area contributed by atoms with Gasteiger partial charge in [-0.25, -0.2) is 12.7 Å². The molecule has 0 aromatic rings. The maximum atomic E-state index is 12.6. The molecule has 3 rings (SSSR count). The highest BCUT2D eigenvalue weighted by molar-refractivity contribution is 8.14. The maximum absolute atomic E-state index is 12.6. The molecule has 0 unspecified atom stereocenters. The van der Waals surface area contributed by atoms with Crippen LogP contribution in [0.15, 0.2) is 0 Å². The Morgan fingerprint density at radius 1 is 1.00 bits per heavy atom. The van der Waals surface area contributed by atoms with Crippen LogP contribution in [-0.4, -0.2) is 59.4 Å². The van der Waals surface area contributed by atoms with Crippen molar-refractivity contribution >= 4 is 32.9 Å². The van der Waals surface area contributed by atoms with Crippen LogP contribution in [0.3, 0.4) is 0 Å². The summed E-state index contributed by atoms with van der Waals surface area (Å²) in [6.07, 6.45) is 6.65. The predicted molar refractivity (Wildman–Crippen MR) is 89.7 cm³/mol. The van der Waals surface area contributed by atoms with Crippen molar-refractivity contribution in [2.45, 2.75) is 51.0 Å². The van der Waals surface area contributed by atoms with Crippen molar-refractivity contribution in [1.29, 1.82) is 0 Å². The molecular weight excluding hydrogens is 336 g/mol. The molecule has 1 aliphatic carbocycles. The predicted octanol–water partition coefficient (Wildman–Crippen LogP) is 2.06. The standard InChI is InChI=1S/C15H24N2O4S2/c18-14-10-22-15(19)17(14)13-6-8-16(9-7-13)23(20,21)11-12-4-2-1-3-5-12/h12-13H,1-11H2. The Kier molecular flexibility index (Phi) is 5.32. The minimum Gasteiger partial charge on any atom is -0.273 e. The van der Waals surface area contributed by atoms with Gasteiger partial charge < -0.3 is 0 Å². The summed E-state index contributed by atoms with van der Waals surface area (Å²) in [5.41, 5.74) is 0. The highest BCUT2D eigenvalue weighted by Gasteiger charge is 2.39.